The Morgan fingerprint density at radius 3 is 1.94 bits per heavy atom. The van der Waals surface area contributed by atoms with E-state index in [9.17, 15) is 0 Å². The van der Waals surface area contributed by atoms with Gasteiger partial charge in [0.2, 0.25) is 0 Å². The van der Waals surface area contributed by atoms with Crippen LogP contribution in [-0.2, 0) is 0 Å². The third kappa shape index (κ3) is 2.99. The third-order valence-corrected chi connectivity index (χ3v) is 10.9. The molecule has 0 aliphatic carbocycles. The van der Waals surface area contributed by atoms with Crippen LogP contribution in [0.3, 0.4) is 0 Å². The molecule has 0 saturated carbocycles. The Labute approximate surface area is 126 Å². The Hall–Kier alpha value is -0.283. The van der Waals surface area contributed by atoms with Gasteiger partial charge in [-0.2, -0.15) is 0 Å². The first-order valence-electron chi connectivity index (χ1n) is 6.54. The average Bonchev–Trinajstić information content (AvgIpc) is 2.63. The minimum atomic E-state index is -1.62. The Balaban J connectivity index is 3.22. The summed E-state index contributed by atoms with van der Waals surface area (Å²) in [6, 6.07) is 3.34. The number of imidazole rings is 1. The van der Waals surface area contributed by atoms with E-state index in [2.05, 4.69) is 80.7 Å². The fraction of sp³-hybridized carbons (Fsp3) is 0.643. The molecular formula is C14H23IN2Si. The maximum absolute atomic E-state index is 4.21. The van der Waals surface area contributed by atoms with Crippen LogP contribution in [0.5, 0.6) is 0 Å². The Morgan fingerprint density at radius 1 is 1.11 bits per heavy atom. The minimum absolute atomic E-state index is 0.672. The molecule has 0 spiro atoms. The second kappa shape index (κ2) is 6.24. The van der Waals surface area contributed by atoms with Gasteiger partial charge in [0, 0.05) is 41.0 Å². The van der Waals surface area contributed by atoms with Gasteiger partial charge in [-0.25, -0.2) is 4.98 Å². The van der Waals surface area contributed by atoms with Gasteiger partial charge in [0.1, 0.15) is 8.07 Å². The van der Waals surface area contributed by atoms with Crippen molar-refractivity contribution in [2.24, 2.45) is 0 Å². The van der Waals surface area contributed by atoms with Crippen LogP contribution < -0.4 is 0 Å². The molecule has 0 aliphatic rings. The summed E-state index contributed by atoms with van der Waals surface area (Å²) in [5.41, 5.74) is 5.70. The highest BCUT2D eigenvalue weighted by molar-refractivity contribution is 14.1. The molecule has 0 atom stereocenters. The zero-order valence-corrected chi connectivity index (χ0v) is 15.3. The highest BCUT2D eigenvalue weighted by Crippen LogP contribution is 2.40. The van der Waals surface area contributed by atoms with E-state index >= 15 is 0 Å². The molecule has 0 amide bonds. The molecule has 2 nitrogen and oxygen atoms in total. The quantitative estimate of drug-likeness (QED) is 0.432. The van der Waals surface area contributed by atoms with E-state index in [4.69, 9.17) is 0 Å². The Bertz CT molecular complexity index is 430. The van der Waals surface area contributed by atoms with Gasteiger partial charge in [-0.3, -0.25) is 4.57 Å². The molecule has 0 fully saturated rings. The van der Waals surface area contributed by atoms with E-state index in [1.54, 1.807) is 6.20 Å². The van der Waals surface area contributed by atoms with E-state index in [1.165, 1.54) is 0 Å². The lowest BCUT2D eigenvalue weighted by atomic mass is 10.5. The van der Waals surface area contributed by atoms with Crippen molar-refractivity contribution in [2.75, 3.05) is 0 Å². The fourth-order valence-electron chi connectivity index (χ4n) is 2.96. The van der Waals surface area contributed by atoms with Gasteiger partial charge >= 0.3 is 0 Å². The summed E-state index contributed by atoms with van der Waals surface area (Å²) >= 11 is 2.22. The van der Waals surface area contributed by atoms with Gasteiger partial charge < -0.3 is 0 Å². The van der Waals surface area contributed by atoms with Crippen molar-refractivity contribution in [3.05, 3.63) is 16.2 Å². The van der Waals surface area contributed by atoms with E-state index in [0.29, 0.717) is 16.6 Å². The van der Waals surface area contributed by atoms with Crippen molar-refractivity contribution < 1.29 is 0 Å². The molecule has 100 valence electrons. The lowest BCUT2D eigenvalue weighted by molar-refractivity contribution is 0.837. The summed E-state index contributed by atoms with van der Waals surface area (Å²) in [5.74, 6) is 0. The zero-order chi connectivity index (χ0) is 13.9. The van der Waals surface area contributed by atoms with Crippen LogP contribution in [0.1, 0.15) is 41.5 Å². The lowest BCUT2D eigenvalue weighted by Gasteiger charge is -2.37. The summed E-state index contributed by atoms with van der Waals surface area (Å²) < 4.78 is 2.88. The summed E-state index contributed by atoms with van der Waals surface area (Å²) in [5, 5.41) is 0. The average molecular weight is 374 g/mol. The zero-order valence-electron chi connectivity index (χ0n) is 12.2. The molecular weight excluding hydrogens is 351 g/mol. The van der Waals surface area contributed by atoms with E-state index in [-0.39, 0.29) is 0 Å². The second-order valence-electron chi connectivity index (χ2n) is 5.70. The number of rotatable bonds is 3. The topological polar surface area (TPSA) is 17.8 Å². The van der Waals surface area contributed by atoms with Crippen LogP contribution in [0.15, 0.2) is 12.4 Å². The number of hydrogen-bond acceptors (Lipinski definition) is 1. The molecule has 1 aromatic heterocycles. The van der Waals surface area contributed by atoms with Crippen LogP contribution in [0.4, 0.5) is 0 Å². The monoisotopic (exact) mass is 374 g/mol. The van der Waals surface area contributed by atoms with E-state index < -0.39 is 8.07 Å². The molecule has 0 N–H and O–H groups in total. The molecule has 0 saturated heterocycles. The maximum Gasteiger partial charge on any atom is 0.183 e. The van der Waals surface area contributed by atoms with Crippen LogP contribution in [0.25, 0.3) is 0 Å². The highest BCUT2D eigenvalue weighted by atomic mass is 127. The normalized spacial score (nSPS) is 12.1. The van der Waals surface area contributed by atoms with Crippen molar-refractivity contribution >= 4 is 30.7 Å². The molecule has 1 aromatic rings. The fourth-order valence-corrected chi connectivity index (χ4v) is 8.58. The summed E-state index contributed by atoms with van der Waals surface area (Å²) in [6.07, 6.45) is 3.74. The van der Waals surface area contributed by atoms with Crippen molar-refractivity contribution in [1.29, 1.82) is 0 Å². The van der Waals surface area contributed by atoms with Crippen LogP contribution >= 0.6 is 22.6 Å². The number of aromatic nitrogens is 2. The second-order valence-corrected chi connectivity index (χ2v) is 12.2. The Morgan fingerprint density at radius 2 is 1.61 bits per heavy atom. The minimum Gasteiger partial charge on any atom is -0.254 e. The molecule has 0 unspecified atom stereocenters. The molecule has 0 aromatic carbocycles. The van der Waals surface area contributed by atoms with Gasteiger partial charge in [-0.1, -0.05) is 41.5 Å². The smallest absolute Gasteiger partial charge is 0.183 e. The SMILES string of the molecule is CC(C)[Si](C#Cn1ccnc1I)(C(C)C)C(C)C. The third-order valence-electron chi connectivity index (χ3n) is 3.85. The van der Waals surface area contributed by atoms with Crippen molar-refractivity contribution in [2.45, 2.75) is 58.2 Å². The van der Waals surface area contributed by atoms with Gasteiger partial charge in [-0.15, -0.1) is 5.54 Å². The molecule has 1 heterocycles. The predicted octanol–water partition coefficient (Wildman–Crippen LogP) is 4.51. The summed E-state index contributed by atoms with van der Waals surface area (Å²) in [7, 11) is -1.62. The lowest BCUT2D eigenvalue weighted by Crippen LogP contribution is -2.43. The largest absolute Gasteiger partial charge is 0.254 e. The van der Waals surface area contributed by atoms with Gasteiger partial charge in [-0.05, 0) is 16.6 Å². The number of hydrogen-bond donors (Lipinski definition) is 0. The maximum atomic E-state index is 4.21. The molecule has 1 rings (SSSR count). The summed E-state index contributed by atoms with van der Waals surface area (Å²) in [4.78, 5) is 4.21. The molecule has 0 bridgehead atoms. The van der Waals surface area contributed by atoms with Crippen molar-refractivity contribution in [1.82, 2.24) is 9.55 Å². The first-order chi connectivity index (χ1) is 8.32. The van der Waals surface area contributed by atoms with Gasteiger partial charge in [0.15, 0.2) is 3.83 Å². The number of nitrogens with zero attached hydrogens (tertiary/aromatic N) is 2. The van der Waals surface area contributed by atoms with Crippen molar-refractivity contribution in [3.8, 4) is 11.6 Å². The standard InChI is InChI=1S/C14H23IN2Si/c1-11(2)18(12(3)4,13(5)6)10-9-17-8-7-16-14(17)15/h7-8,11-13H,1-6H3. The molecule has 18 heavy (non-hydrogen) atoms. The molecule has 0 radical (unpaired) electrons. The van der Waals surface area contributed by atoms with E-state index in [0.717, 1.165) is 3.83 Å². The van der Waals surface area contributed by atoms with Gasteiger partial charge in [0.25, 0.3) is 0 Å². The summed E-state index contributed by atoms with van der Waals surface area (Å²) in [6.45, 7) is 14.0. The number of halogens is 1. The van der Waals surface area contributed by atoms with Crippen LogP contribution in [0, 0.1) is 15.4 Å². The Kier molecular flexibility index (Phi) is 5.47. The first-order valence-corrected chi connectivity index (χ1v) is 9.85. The first kappa shape index (κ1) is 15.8. The van der Waals surface area contributed by atoms with Crippen molar-refractivity contribution in [3.63, 3.8) is 0 Å². The molecule has 0 aliphatic heterocycles. The van der Waals surface area contributed by atoms with Crippen LogP contribution in [-0.4, -0.2) is 17.6 Å². The van der Waals surface area contributed by atoms with Gasteiger partial charge in [0.05, 0.1) is 0 Å². The van der Waals surface area contributed by atoms with E-state index in [1.807, 2.05) is 10.8 Å². The predicted molar refractivity (Wildman–Crippen MR) is 89.2 cm³/mol. The highest BCUT2D eigenvalue weighted by Gasteiger charge is 2.41. The van der Waals surface area contributed by atoms with Crippen LogP contribution in [0.2, 0.25) is 16.6 Å². The molecule has 4 heteroatoms.